The van der Waals surface area contributed by atoms with Gasteiger partial charge in [0.2, 0.25) is 0 Å². The summed E-state index contributed by atoms with van der Waals surface area (Å²) in [5.74, 6) is -1.08. The Morgan fingerprint density at radius 3 is 2.35 bits per heavy atom. The van der Waals surface area contributed by atoms with Crippen LogP contribution in [0.2, 0.25) is 0 Å². The molecular formula is C21H23NO4. The van der Waals surface area contributed by atoms with E-state index in [2.05, 4.69) is 6.92 Å². The summed E-state index contributed by atoms with van der Waals surface area (Å²) >= 11 is 0. The number of carboxylic acids is 1. The van der Waals surface area contributed by atoms with Crippen LogP contribution in [0, 0.1) is 0 Å². The smallest absolute Gasteiger partial charge is 0.336 e. The van der Waals surface area contributed by atoms with Gasteiger partial charge in [0.1, 0.15) is 0 Å². The number of aromatic carboxylic acids is 1. The molecule has 1 aliphatic rings. The van der Waals surface area contributed by atoms with Crippen molar-refractivity contribution in [2.24, 2.45) is 0 Å². The third kappa shape index (κ3) is 3.78. The van der Waals surface area contributed by atoms with Crippen LogP contribution >= 0.6 is 0 Å². The molecule has 5 nitrogen and oxygen atoms in total. The van der Waals surface area contributed by atoms with Crippen LogP contribution in [0.25, 0.3) is 11.1 Å². The van der Waals surface area contributed by atoms with Crippen molar-refractivity contribution in [3.05, 3.63) is 59.7 Å². The minimum atomic E-state index is -1.00. The van der Waals surface area contributed by atoms with Gasteiger partial charge in [-0.2, -0.15) is 0 Å². The Bertz CT molecular complexity index is 800. The number of hydrogen-bond donors (Lipinski definition) is 1. The van der Waals surface area contributed by atoms with Crippen molar-refractivity contribution < 1.29 is 19.4 Å². The first kappa shape index (κ1) is 18.1. The number of ether oxygens (including phenoxy) is 1. The fourth-order valence-corrected chi connectivity index (χ4v) is 3.38. The number of benzene rings is 2. The van der Waals surface area contributed by atoms with E-state index >= 15 is 0 Å². The highest BCUT2D eigenvalue weighted by molar-refractivity contribution is 6.04. The molecule has 1 unspecified atom stereocenters. The minimum absolute atomic E-state index is 0.0659. The standard InChI is InChI=1S/C21H23NO4/c1-2-7-15-14-22(12-13-26-15)20(23)18-10-5-3-8-16(18)17-9-4-6-11-19(17)21(24)25/h3-6,8-11,15H,2,7,12-14H2,1H3,(H,24,25). The van der Waals surface area contributed by atoms with Gasteiger partial charge in [-0.05, 0) is 29.7 Å². The van der Waals surface area contributed by atoms with E-state index in [1.165, 1.54) is 0 Å². The minimum Gasteiger partial charge on any atom is -0.478 e. The fourth-order valence-electron chi connectivity index (χ4n) is 3.38. The number of rotatable bonds is 5. The van der Waals surface area contributed by atoms with Crippen LogP contribution < -0.4 is 0 Å². The van der Waals surface area contributed by atoms with Gasteiger partial charge in [-0.15, -0.1) is 0 Å². The second-order valence-electron chi connectivity index (χ2n) is 6.43. The maximum absolute atomic E-state index is 13.1. The average molecular weight is 353 g/mol. The summed E-state index contributed by atoms with van der Waals surface area (Å²) in [5.41, 5.74) is 1.92. The molecule has 0 aromatic heterocycles. The second-order valence-corrected chi connectivity index (χ2v) is 6.43. The van der Waals surface area contributed by atoms with Crippen molar-refractivity contribution >= 4 is 11.9 Å². The molecule has 1 fully saturated rings. The molecule has 1 amide bonds. The van der Waals surface area contributed by atoms with E-state index in [1.807, 2.05) is 17.0 Å². The van der Waals surface area contributed by atoms with E-state index in [4.69, 9.17) is 4.74 Å². The van der Waals surface area contributed by atoms with E-state index in [9.17, 15) is 14.7 Å². The highest BCUT2D eigenvalue weighted by Gasteiger charge is 2.26. The largest absolute Gasteiger partial charge is 0.478 e. The summed E-state index contributed by atoms with van der Waals surface area (Å²) in [6.07, 6.45) is 2.00. The molecule has 3 rings (SSSR count). The van der Waals surface area contributed by atoms with E-state index in [-0.39, 0.29) is 17.6 Å². The van der Waals surface area contributed by atoms with Crippen LogP contribution in [0.5, 0.6) is 0 Å². The molecule has 1 atom stereocenters. The molecule has 1 aliphatic heterocycles. The fraction of sp³-hybridized carbons (Fsp3) is 0.333. The van der Waals surface area contributed by atoms with Gasteiger partial charge in [0, 0.05) is 18.7 Å². The monoisotopic (exact) mass is 353 g/mol. The van der Waals surface area contributed by atoms with Crippen molar-refractivity contribution in [3.63, 3.8) is 0 Å². The molecule has 0 radical (unpaired) electrons. The molecule has 1 saturated heterocycles. The number of morpholine rings is 1. The van der Waals surface area contributed by atoms with E-state index < -0.39 is 5.97 Å². The molecule has 0 spiro atoms. The number of carbonyl (C=O) groups excluding carboxylic acids is 1. The quantitative estimate of drug-likeness (QED) is 0.890. The van der Waals surface area contributed by atoms with Crippen molar-refractivity contribution in [1.82, 2.24) is 4.90 Å². The summed E-state index contributed by atoms with van der Waals surface area (Å²) in [7, 11) is 0. The molecule has 1 heterocycles. The molecule has 0 bridgehead atoms. The predicted octanol–water partition coefficient (Wildman–Crippen LogP) is 3.69. The van der Waals surface area contributed by atoms with Crippen LogP contribution in [-0.2, 0) is 4.74 Å². The molecule has 2 aromatic carbocycles. The van der Waals surface area contributed by atoms with Crippen molar-refractivity contribution in [2.45, 2.75) is 25.9 Å². The second kappa shape index (κ2) is 8.15. The van der Waals surface area contributed by atoms with Crippen LogP contribution in [0.1, 0.15) is 40.5 Å². The van der Waals surface area contributed by atoms with E-state index in [0.29, 0.717) is 36.4 Å². The van der Waals surface area contributed by atoms with Crippen LogP contribution in [0.15, 0.2) is 48.5 Å². The van der Waals surface area contributed by atoms with Gasteiger partial charge in [-0.25, -0.2) is 4.79 Å². The summed E-state index contributed by atoms with van der Waals surface area (Å²) in [5, 5.41) is 9.49. The molecule has 136 valence electrons. The summed E-state index contributed by atoms with van der Waals surface area (Å²) in [6.45, 7) is 3.75. The molecule has 26 heavy (non-hydrogen) atoms. The number of amides is 1. The Morgan fingerprint density at radius 2 is 1.69 bits per heavy atom. The van der Waals surface area contributed by atoms with Crippen LogP contribution in [-0.4, -0.2) is 47.7 Å². The van der Waals surface area contributed by atoms with Gasteiger partial charge < -0.3 is 14.7 Å². The summed E-state index contributed by atoms with van der Waals surface area (Å²) < 4.78 is 5.73. The number of carboxylic acid groups (broad SMARTS) is 1. The molecule has 0 aliphatic carbocycles. The number of nitrogens with zero attached hydrogens (tertiary/aromatic N) is 1. The number of hydrogen-bond acceptors (Lipinski definition) is 3. The molecule has 0 saturated carbocycles. The topological polar surface area (TPSA) is 66.8 Å². The Balaban J connectivity index is 1.95. The lowest BCUT2D eigenvalue weighted by Crippen LogP contribution is -2.45. The molecule has 2 aromatic rings. The first-order chi connectivity index (χ1) is 12.6. The lowest BCUT2D eigenvalue weighted by atomic mass is 9.94. The zero-order chi connectivity index (χ0) is 18.5. The van der Waals surface area contributed by atoms with Gasteiger partial charge in [-0.1, -0.05) is 49.7 Å². The number of carbonyl (C=O) groups is 2. The molecule has 5 heteroatoms. The maximum atomic E-state index is 13.1. The lowest BCUT2D eigenvalue weighted by Gasteiger charge is -2.33. The Hall–Kier alpha value is -2.66. The van der Waals surface area contributed by atoms with Crippen molar-refractivity contribution in [1.29, 1.82) is 0 Å². The summed E-state index contributed by atoms with van der Waals surface area (Å²) in [6, 6.07) is 14.0. The van der Waals surface area contributed by atoms with Crippen molar-refractivity contribution in [2.75, 3.05) is 19.7 Å². The van der Waals surface area contributed by atoms with Crippen LogP contribution in [0.3, 0.4) is 0 Å². The normalized spacial score (nSPS) is 17.1. The van der Waals surface area contributed by atoms with Crippen LogP contribution in [0.4, 0.5) is 0 Å². The highest BCUT2D eigenvalue weighted by Crippen LogP contribution is 2.28. The molecular weight excluding hydrogens is 330 g/mol. The SMILES string of the molecule is CCCC1CN(C(=O)c2ccccc2-c2ccccc2C(=O)O)CCO1. The van der Waals surface area contributed by atoms with Gasteiger partial charge >= 0.3 is 5.97 Å². The highest BCUT2D eigenvalue weighted by atomic mass is 16.5. The van der Waals surface area contributed by atoms with Gasteiger partial charge in [0.05, 0.1) is 18.3 Å². The lowest BCUT2D eigenvalue weighted by molar-refractivity contribution is -0.0250. The third-order valence-corrected chi connectivity index (χ3v) is 4.64. The third-order valence-electron chi connectivity index (χ3n) is 4.64. The Kier molecular flexibility index (Phi) is 5.68. The zero-order valence-electron chi connectivity index (χ0n) is 14.9. The van der Waals surface area contributed by atoms with Gasteiger partial charge in [-0.3, -0.25) is 4.79 Å². The summed E-state index contributed by atoms with van der Waals surface area (Å²) in [4.78, 5) is 26.5. The Labute approximate surface area is 153 Å². The average Bonchev–Trinajstić information content (AvgIpc) is 2.68. The van der Waals surface area contributed by atoms with E-state index in [1.54, 1.807) is 36.4 Å². The van der Waals surface area contributed by atoms with Gasteiger partial charge in [0.15, 0.2) is 0 Å². The Morgan fingerprint density at radius 1 is 1.08 bits per heavy atom. The predicted molar refractivity (Wildman–Crippen MR) is 99.4 cm³/mol. The molecule has 1 N–H and O–H groups in total. The first-order valence-electron chi connectivity index (χ1n) is 8.94. The first-order valence-corrected chi connectivity index (χ1v) is 8.94. The van der Waals surface area contributed by atoms with E-state index in [0.717, 1.165) is 12.8 Å². The zero-order valence-corrected chi connectivity index (χ0v) is 14.9. The maximum Gasteiger partial charge on any atom is 0.336 e. The van der Waals surface area contributed by atoms with Gasteiger partial charge in [0.25, 0.3) is 5.91 Å². The van der Waals surface area contributed by atoms with Crippen molar-refractivity contribution in [3.8, 4) is 11.1 Å².